The molecule has 0 bridgehead atoms. The summed E-state index contributed by atoms with van der Waals surface area (Å²) in [7, 11) is 0. The van der Waals surface area contributed by atoms with Crippen LogP contribution in [0.3, 0.4) is 0 Å². The number of anilines is 1. The first kappa shape index (κ1) is 10.8. The maximum Gasteiger partial charge on any atom is 0.232 e. The Kier molecular flexibility index (Phi) is 2.49. The van der Waals surface area contributed by atoms with Crippen LogP contribution in [-0.2, 0) is 0 Å². The average Bonchev–Trinajstić information content (AvgIpc) is 3.09. The van der Waals surface area contributed by atoms with Crippen molar-refractivity contribution in [1.82, 2.24) is 4.98 Å². The van der Waals surface area contributed by atoms with Crippen molar-refractivity contribution in [2.24, 2.45) is 0 Å². The number of halogens is 1. The van der Waals surface area contributed by atoms with Gasteiger partial charge < -0.3 is 9.73 Å². The van der Waals surface area contributed by atoms with Gasteiger partial charge in [-0.2, -0.15) is 10.2 Å². The van der Waals surface area contributed by atoms with Gasteiger partial charge in [-0.15, -0.1) is 0 Å². The molecule has 1 fully saturated rings. The number of aromatic nitrogens is 1. The lowest BCUT2D eigenvalue weighted by molar-refractivity contribution is 0.584. The quantitative estimate of drug-likeness (QED) is 0.900. The van der Waals surface area contributed by atoms with Gasteiger partial charge in [-0.1, -0.05) is 0 Å². The third-order valence-corrected chi connectivity index (χ3v) is 2.74. The Morgan fingerprint density at radius 2 is 2.06 bits per heavy atom. The molecule has 1 aliphatic carbocycles. The van der Waals surface area contributed by atoms with E-state index in [1.165, 1.54) is 12.1 Å². The molecule has 2 aromatic rings. The summed E-state index contributed by atoms with van der Waals surface area (Å²) < 4.78 is 18.3. The van der Waals surface area contributed by atoms with E-state index in [1.807, 2.05) is 6.07 Å². The molecular weight excluding hydrogens is 233 g/mol. The molecule has 4 nitrogen and oxygen atoms in total. The van der Waals surface area contributed by atoms with Gasteiger partial charge in [-0.05, 0) is 37.1 Å². The van der Waals surface area contributed by atoms with E-state index in [2.05, 4.69) is 10.3 Å². The zero-order valence-electron chi connectivity index (χ0n) is 9.48. The van der Waals surface area contributed by atoms with Crippen molar-refractivity contribution in [3.63, 3.8) is 0 Å². The van der Waals surface area contributed by atoms with Crippen molar-refractivity contribution in [1.29, 1.82) is 5.26 Å². The van der Waals surface area contributed by atoms with Gasteiger partial charge in [0.25, 0.3) is 0 Å². The van der Waals surface area contributed by atoms with Gasteiger partial charge in [0.15, 0.2) is 0 Å². The van der Waals surface area contributed by atoms with E-state index in [1.54, 1.807) is 12.1 Å². The van der Waals surface area contributed by atoms with Crippen molar-refractivity contribution in [2.75, 3.05) is 5.32 Å². The Morgan fingerprint density at radius 1 is 1.33 bits per heavy atom. The maximum atomic E-state index is 12.8. The Morgan fingerprint density at radius 3 is 2.67 bits per heavy atom. The van der Waals surface area contributed by atoms with Crippen LogP contribution in [0.15, 0.2) is 28.7 Å². The first-order chi connectivity index (χ1) is 8.76. The Labute approximate surface area is 103 Å². The highest BCUT2D eigenvalue weighted by Gasteiger charge is 2.25. The summed E-state index contributed by atoms with van der Waals surface area (Å²) in [4.78, 5) is 4.10. The largest absolute Gasteiger partial charge is 0.419 e. The fourth-order valence-electron chi connectivity index (χ4n) is 1.62. The van der Waals surface area contributed by atoms with Crippen LogP contribution in [-0.4, -0.2) is 11.0 Å². The van der Waals surface area contributed by atoms with Crippen LogP contribution in [0.2, 0.25) is 0 Å². The zero-order valence-corrected chi connectivity index (χ0v) is 9.48. The minimum Gasteiger partial charge on any atom is -0.419 e. The lowest BCUT2D eigenvalue weighted by atomic mass is 10.2. The molecule has 0 amide bonds. The summed E-state index contributed by atoms with van der Waals surface area (Å²) in [5.74, 6) is 0.413. The topological polar surface area (TPSA) is 61.9 Å². The van der Waals surface area contributed by atoms with E-state index in [4.69, 9.17) is 9.68 Å². The summed E-state index contributed by atoms with van der Waals surface area (Å²) in [6.45, 7) is 0. The van der Waals surface area contributed by atoms with E-state index in [9.17, 15) is 4.39 Å². The van der Waals surface area contributed by atoms with Crippen molar-refractivity contribution >= 4 is 5.88 Å². The van der Waals surface area contributed by atoms with Crippen LogP contribution < -0.4 is 5.32 Å². The van der Waals surface area contributed by atoms with E-state index < -0.39 is 0 Å². The molecule has 5 heteroatoms. The van der Waals surface area contributed by atoms with Gasteiger partial charge in [0.1, 0.15) is 11.9 Å². The molecule has 0 radical (unpaired) electrons. The molecule has 1 aromatic heterocycles. The van der Waals surface area contributed by atoms with Crippen molar-refractivity contribution in [3.05, 3.63) is 35.8 Å². The summed E-state index contributed by atoms with van der Waals surface area (Å²) in [6, 6.07) is 8.18. The molecular formula is C13H10FN3O. The predicted octanol–water partition coefficient (Wildman–Crippen LogP) is 2.93. The lowest BCUT2D eigenvalue weighted by Crippen LogP contribution is -2.00. The minimum atomic E-state index is -0.317. The molecule has 18 heavy (non-hydrogen) atoms. The van der Waals surface area contributed by atoms with Gasteiger partial charge in [0, 0.05) is 11.6 Å². The van der Waals surface area contributed by atoms with Crippen LogP contribution in [0.1, 0.15) is 18.5 Å². The smallest absolute Gasteiger partial charge is 0.232 e. The molecule has 1 N–H and O–H groups in total. The summed E-state index contributed by atoms with van der Waals surface area (Å²) in [5.41, 5.74) is 0.887. The zero-order chi connectivity index (χ0) is 12.5. The number of rotatable bonds is 3. The average molecular weight is 243 g/mol. The van der Waals surface area contributed by atoms with Crippen LogP contribution >= 0.6 is 0 Å². The Hall–Kier alpha value is -2.35. The first-order valence-corrected chi connectivity index (χ1v) is 5.69. The third-order valence-electron chi connectivity index (χ3n) is 2.74. The van der Waals surface area contributed by atoms with Gasteiger partial charge in [0.05, 0.1) is 0 Å². The molecule has 3 rings (SSSR count). The van der Waals surface area contributed by atoms with E-state index >= 15 is 0 Å². The molecule has 0 unspecified atom stereocenters. The Bertz CT molecular complexity index is 608. The molecule has 1 aromatic carbocycles. The fourth-order valence-corrected chi connectivity index (χ4v) is 1.62. The second-order valence-corrected chi connectivity index (χ2v) is 4.23. The number of nitrogens with zero attached hydrogens (tertiary/aromatic N) is 2. The molecule has 90 valence electrons. The Balaban J connectivity index is 1.94. The second-order valence-electron chi connectivity index (χ2n) is 4.23. The summed E-state index contributed by atoms with van der Waals surface area (Å²) >= 11 is 0. The second kappa shape index (κ2) is 4.15. The number of oxazole rings is 1. The van der Waals surface area contributed by atoms with E-state index in [-0.39, 0.29) is 11.5 Å². The van der Waals surface area contributed by atoms with E-state index in [0.29, 0.717) is 23.4 Å². The van der Waals surface area contributed by atoms with Gasteiger partial charge in [0.2, 0.25) is 17.5 Å². The number of nitrogens with one attached hydrogen (secondary N) is 1. The normalized spacial score (nSPS) is 14.2. The van der Waals surface area contributed by atoms with Crippen LogP contribution in [0.4, 0.5) is 10.3 Å². The number of hydrogen-bond acceptors (Lipinski definition) is 4. The molecule has 1 heterocycles. The van der Waals surface area contributed by atoms with Crippen molar-refractivity contribution in [2.45, 2.75) is 18.9 Å². The molecule has 1 aliphatic rings. The standard InChI is InChI=1S/C13H10FN3O/c14-9-3-1-8(2-4-9)12-17-11(7-15)13(18-12)16-10-5-6-10/h1-4,10,16H,5-6H2. The number of nitriles is 1. The minimum absolute atomic E-state index is 0.237. The van der Waals surface area contributed by atoms with Crippen LogP contribution in [0, 0.1) is 17.1 Å². The van der Waals surface area contributed by atoms with Crippen molar-refractivity contribution in [3.8, 4) is 17.5 Å². The SMILES string of the molecule is N#Cc1nc(-c2ccc(F)cc2)oc1NC1CC1. The van der Waals surface area contributed by atoms with Gasteiger partial charge in [-0.3, -0.25) is 0 Å². The van der Waals surface area contributed by atoms with Crippen LogP contribution in [0.25, 0.3) is 11.5 Å². The predicted molar refractivity (Wildman–Crippen MR) is 63.3 cm³/mol. The number of benzene rings is 1. The third kappa shape index (κ3) is 2.05. The van der Waals surface area contributed by atoms with E-state index in [0.717, 1.165) is 12.8 Å². The maximum absolute atomic E-state index is 12.8. The number of hydrogen-bond donors (Lipinski definition) is 1. The van der Waals surface area contributed by atoms with Gasteiger partial charge >= 0.3 is 0 Å². The van der Waals surface area contributed by atoms with Crippen LogP contribution in [0.5, 0.6) is 0 Å². The molecule has 0 aliphatic heterocycles. The molecule has 0 spiro atoms. The highest BCUT2D eigenvalue weighted by molar-refractivity contribution is 5.59. The molecule has 0 saturated heterocycles. The van der Waals surface area contributed by atoms with Gasteiger partial charge in [-0.25, -0.2) is 4.39 Å². The monoisotopic (exact) mass is 243 g/mol. The van der Waals surface area contributed by atoms with Crippen molar-refractivity contribution < 1.29 is 8.81 Å². The lowest BCUT2D eigenvalue weighted by Gasteiger charge is -1.98. The molecule has 1 saturated carbocycles. The summed E-state index contributed by atoms with van der Waals surface area (Å²) in [6.07, 6.45) is 2.16. The first-order valence-electron chi connectivity index (χ1n) is 5.69. The highest BCUT2D eigenvalue weighted by atomic mass is 19.1. The highest BCUT2D eigenvalue weighted by Crippen LogP contribution is 2.30. The summed E-state index contributed by atoms with van der Waals surface area (Å²) in [5, 5.41) is 12.1. The molecule has 0 atom stereocenters. The fraction of sp³-hybridized carbons (Fsp3) is 0.231.